The summed E-state index contributed by atoms with van der Waals surface area (Å²) in [6.07, 6.45) is 4.31. The van der Waals surface area contributed by atoms with Crippen LogP contribution in [0.25, 0.3) is 0 Å². The van der Waals surface area contributed by atoms with E-state index in [2.05, 4.69) is 41.3 Å². The zero-order valence-corrected chi connectivity index (χ0v) is 7.90. The van der Waals surface area contributed by atoms with Gasteiger partial charge in [0.2, 0.25) is 0 Å². The largest absolute Gasteiger partial charge is 0.266 e. The third-order valence-corrected chi connectivity index (χ3v) is 2.26. The predicted octanol–water partition coefficient (Wildman–Crippen LogP) is 2.58. The maximum absolute atomic E-state index is 4.34. The molecule has 1 aliphatic heterocycles. The average Bonchev–Trinajstić information content (AvgIpc) is 2.20. The van der Waals surface area contributed by atoms with E-state index < -0.39 is 0 Å². The number of hydrogen-bond acceptors (Lipinski definition) is 2. The first kappa shape index (κ1) is 8.30. The van der Waals surface area contributed by atoms with Gasteiger partial charge in [-0.25, -0.2) is 0 Å². The van der Waals surface area contributed by atoms with Gasteiger partial charge >= 0.3 is 0 Å². The fourth-order valence-corrected chi connectivity index (χ4v) is 1.46. The molecule has 0 spiro atoms. The van der Waals surface area contributed by atoms with Crippen LogP contribution in [0.2, 0.25) is 0 Å². The van der Waals surface area contributed by atoms with Crippen molar-refractivity contribution >= 4 is 11.9 Å². The molecule has 1 aromatic carbocycles. The highest BCUT2D eigenvalue weighted by Crippen LogP contribution is 2.17. The first-order valence-electron chi connectivity index (χ1n) is 4.73. The summed E-state index contributed by atoms with van der Waals surface area (Å²) in [5.41, 5.74) is 2.49. The quantitative estimate of drug-likeness (QED) is 0.639. The third-order valence-electron chi connectivity index (χ3n) is 2.26. The average molecular weight is 174 g/mol. The molecule has 0 aliphatic carbocycles. The van der Waals surface area contributed by atoms with E-state index in [-0.39, 0.29) is 0 Å². The molecule has 0 N–H and O–H groups in total. The minimum Gasteiger partial charge on any atom is -0.266 e. The van der Waals surface area contributed by atoms with Crippen LogP contribution in [0.15, 0.2) is 29.4 Å². The van der Waals surface area contributed by atoms with Crippen LogP contribution >= 0.6 is 0 Å². The van der Waals surface area contributed by atoms with Gasteiger partial charge in [-0.15, -0.1) is 0 Å². The Hall–Kier alpha value is -1.31. The van der Waals surface area contributed by atoms with Crippen LogP contribution in [0.4, 0.5) is 5.69 Å². The second kappa shape index (κ2) is 3.60. The lowest BCUT2D eigenvalue weighted by molar-refractivity contribution is 0.751. The molecule has 0 saturated heterocycles. The molecular formula is C11H14N2. The fraction of sp³-hybridized carbons (Fsp3) is 0.364. The van der Waals surface area contributed by atoms with Gasteiger partial charge in [-0.05, 0) is 31.9 Å². The summed E-state index contributed by atoms with van der Waals surface area (Å²) in [5, 5.41) is 6.40. The zero-order valence-electron chi connectivity index (χ0n) is 7.90. The third kappa shape index (κ3) is 1.89. The second-order valence-corrected chi connectivity index (χ2v) is 3.40. The van der Waals surface area contributed by atoms with Crippen LogP contribution in [0.3, 0.4) is 0 Å². The molecule has 0 unspecified atom stereocenters. The van der Waals surface area contributed by atoms with Crippen molar-refractivity contribution in [2.75, 3.05) is 11.6 Å². The van der Waals surface area contributed by atoms with Crippen molar-refractivity contribution in [2.45, 2.75) is 19.8 Å². The normalized spacial score (nSPS) is 16.2. The Morgan fingerprint density at radius 1 is 1.23 bits per heavy atom. The van der Waals surface area contributed by atoms with Crippen LogP contribution in [0.1, 0.15) is 18.4 Å². The highest BCUT2D eigenvalue weighted by atomic mass is 15.5. The Morgan fingerprint density at radius 2 is 2.00 bits per heavy atom. The highest BCUT2D eigenvalue weighted by molar-refractivity contribution is 5.62. The molecule has 1 heterocycles. The van der Waals surface area contributed by atoms with Crippen molar-refractivity contribution in [1.82, 2.24) is 0 Å². The second-order valence-electron chi connectivity index (χ2n) is 3.40. The number of aryl methyl sites for hydroxylation is 1. The van der Waals surface area contributed by atoms with Gasteiger partial charge in [0.05, 0.1) is 5.69 Å². The molecule has 13 heavy (non-hydrogen) atoms. The van der Waals surface area contributed by atoms with Crippen molar-refractivity contribution in [3.05, 3.63) is 29.8 Å². The van der Waals surface area contributed by atoms with E-state index in [1.54, 1.807) is 0 Å². The maximum atomic E-state index is 4.34. The van der Waals surface area contributed by atoms with Crippen LogP contribution in [-0.2, 0) is 0 Å². The number of anilines is 1. The fourth-order valence-electron chi connectivity index (χ4n) is 1.46. The minimum absolute atomic E-state index is 1.04. The zero-order chi connectivity index (χ0) is 9.10. The molecule has 0 radical (unpaired) electrons. The smallest absolute Gasteiger partial charge is 0.0593 e. The molecule has 2 heteroatoms. The summed E-state index contributed by atoms with van der Waals surface area (Å²) in [6.45, 7) is 3.14. The van der Waals surface area contributed by atoms with Crippen molar-refractivity contribution in [3.8, 4) is 0 Å². The van der Waals surface area contributed by atoms with Crippen LogP contribution in [-0.4, -0.2) is 12.8 Å². The number of hydrazone groups is 1. The van der Waals surface area contributed by atoms with Gasteiger partial charge in [-0.2, -0.15) is 5.10 Å². The molecule has 2 nitrogen and oxygen atoms in total. The Kier molecular flexibility index (Phi) is 2.30. The molecule has 2 rings (SSSR count). The van der Waals surface area contributed by atoms with Gasteiger partial charge in [0.25, 0.3) is 0 Å². The van der Waals surface area contributed by atoms with Gasteiger partial charge in [-0.1, -0.05) is 17.7 Å². The monoisotopic (exact) mass is 174 g/mol. The number of nitrogens with zero attached hydrogens (tertiary/aromatic N) is 2. The topological polar surface area (TPSA) is 15.6 Å². The number of rotatable bonds is 1. The number of hydrogen-bond donors (Lipinski definition) is 0. The summed E-state index contributed by atoms with van der Waals surface area (Å²) < 4.78 is 0. The van der Waals surface area contributed by atoms with E-state index in [1.807, 2.05) is 6.21 Å². The van der Waals surface area contributed by atoms with E-state index in [9.17, 15) is 0 Å². The van der Waals surface area contributed by atoms with Crippen LogP contribution < -0.4 is 5.01 Å². The van der Waals surface area contributed by atoms with Gasteiger partial charge in [0.15, 0.2) is 0 Å². The van der Waals surface area contributed by atoms with Crippen molar-refractivity contribution < 1.29 is 0 Å². The van der Waals surface area contributed by atoms with Crippen molar-refractivity contribution in [2.24, 2.45) is 5.10 Å². The molecule has 0 aromatic heterocycles. The van der Waals surface area contributed by atoms with Gasteiger partial charge in [-0.3, -0.25) is 5.01 Å². The lowest BCUT2D eigenvalue weighted by Gasteiger charge is -2.21. The molecular weight excluding hydrogens is 160 g/mol. The van der Waals surface area contributed by atoms with E-state index in [0.717, 1.165) is 13.0 Å². The summed E-state index contributed by atoms with van der Waals surface area (Å²) >= 11 is 0. The lowest BCUT2D eigenvalue weighted by atomic mass is 10.2. The Balaban J connectivity index is 2.19. The van der Waals surface area contributed by atoms with Gasteiger partial charge in [0.1, 0.15) is 0 Å². The lowest BCUT2D eigenvalue weighted by Crippen LogP contribution is -2.21. The Labute approximate surface area is 78.9 Å². The Bertz CT molecular complexity index is 300. The van der Waals surface area contributed by atoms with Gasteiger partial charge in [0, 0.05) is 12.8 Å². The van der Waals surface area contributed by atoms with Crippen molar-refractivity contribution in [3.63, 3.8) is 0 Å². The molecule has 1 aliphatic rings. The summed E-state index contributed by atoms with van der Waals surface area (Å²) in [6, 6.07) is 8.49. The minimum atomic E-state index is 1.04. The van der Waals surface area contributed by atoms with E-state index in [4.69, 9.17) is 0 Å². The van der Waals surface area contributed by atoms with E-state index in [1.165, 1.54) is 17.7 Å². The molecule has 0 atom stereocenters. The molecule has 1 aromatic rings. The molecule has 0 fully saturated rings. The predicted molar refractivity (Wildman–Crippen MR) is 56.3 cm³/mol. The van der Waals surface area contributed by atoms with E-state index >= 15 is 0 Å². The SMILES string of the molecule is Cc1ccc(N2CCCC=N2)cc1. The van der Waals surface area contributed by atoms with Crippen molar-refractivity contribution in [1.29, 1.82) is 0 Å². The molecule has 0 amide bonds. The van der Waals surface area contributed by atoms with Gasteiger partial charge < -0.3 is 0 Å². The first-order valence-corrected chi connectivity index (χ1v) is 4.73. The standard InChI is InChI=1S/C11H14N2/c1-10-4-6-11(7-5-10)13-9-3-2-8-12-13/h4-8H,2-3,9H2,1H3. The van der Waals surface area contributed by atoms with E-state index in [0.29, 0.717) is 0 Å². The Morgan fingerprint density at radius 3 is 2.62 bits per heavy atom. The van der Waals surface area contributed by atoms with Crippen LogP contribution in [0, 0.1) is 6.92 Å². The summed E-state index contributed by atoms with van der Waals surface area (Å²) in [7, 11) is 0. The molecule has 0 bridgehead atoms. The van der Waals surface area contributed by atoms with Crippen LogP contribution in [0.5, 0.6) is 0 Å². The summed E-state index contributed by atoms with van der Waals surface area (Å²) in [5.74, 6) is 0. The molecule has 0 saturated carbocycles. The summed E-state index contributed by atoms with van der Waals surface area (Å²) in [4.78, 5) is 0. The highest BCUT2D eigenvalue weighted by Gasteiger charge is 2.06. The maximum Gasteiger partial charge on any atom is 0.0593 e. The number of benzene rings is 1. The first-order chi connectivity index (χ1) is 6.36. The molecule has 68 valence electrons.